The summed E-state index contributed by atoms with van der Waals surface area (Å²) in [7, 11) is -3.56. The van der Waals surface area contributed by atoms with E-state index >= 15 is 0 Å². The molecule has 0 radical (unpaired) electrons. The zero-order valence-electron chi connectivity index (χ0n) is 17.4. The standard InChI is InChI=1S/C23H28N2O4S/c1-23(2)12-11-21(19-5-3-4-6-20(19)23)24-22(26)17-7-9-18(10-8-17)30(27,28)25-13-15-29-16-14-25/h3-10,21H,11-16H2,1-2H3,(H,24,26). The summed E-state index contributed by atoms with van der Waals surface area (Å²) in [6.45, 7) is 5.97. The zero-order valence-corrected chi connectivity index (χ0v) is 18.2. The van der Waals surface area contributed by atoms with Gasteiger partial charge in [-0.3, -0.25) is 4.79 Å². The van der Waals surface area contributed by atoms with Crippen LogP contribution < -0.4 is 5.32 Å². The molecule has 0 aromatic heterocycles. The predicted molar refractivity (Wildman–Crippen MR) is 115 cm³/mol. The van der Waals surface area contributed by atoms with Crippen LogP contribution in [0.5, 0.6) is 0 Å². The number of amides is 1. The maximum absolute atomic E-state index is 12.9. The molecule has 2 aromatic rings. The minimum Gasteiger partial charge on any atom is -0.379 e. The first-order valence-electron chi connectivity index (χ1n) is 10.4. The average Bonchev–Trinajstić information content (AvgIpc) is 2.76. The van der Waals surface area contributed by atoms with E-state index in [0.29, 0.717) is 31.9 Å². The molecule has 0 saturated carbocycles. The number of carbonyl (C=O) groups excluding carboxylic acids is 1. The Morgan fingerprint density at radius 1 is 1.07 bits per heavy atom. The Bertz CT molecular complexity index is 1030. The molecule has 4 rings (SSSR count). The highest BCUT2D eigenvalue weighted by molar-refractivity contribution is 7.89. The van der Waals surface area contributed by atoms with E-state index in [4.69, 9.17) is 4.74 Å². The lowest BCUT2D eigenvalue weighted by atomic mass is 9.71. The van der Waals surface area contributed by atoms with Gasteiger partial charge in [-0.15, -0.1) is 0 Å². The lowest BCUT2D eigenvalue weighted by molar-refractivity contribution is 0.0730. The van der Waals surface area contributed by atoms with Crippen molar-refractivity contribution in [2.75, 3.05) is 26.3 Å². The second-order valence-corrected chi connectivity index (χ2v) is 10.5. The van der Waals surface area contributed by atoms with E-state index in [0.717, 1.165) is 18.4 Å². The molecule has 160 valence electrons. The predicted octanol–water partition coefficient (Wildman–Crippen LogP) is 3.25. The normalized spacial score (nSPS) is 21.6. The first-order valence-corrected chi connectivity index (χ1v) is 11.8. The van der Waals surface area contributed by atoms with E-state index in [9.17, 15) is 13.2 Å². The summed E-state index contributed by atoms with van der Waals surface area (Å²) in [5.74, 6) is -0.190. The Kier molecular flexibility index (Phi) is 5.70. The number of hydrogen-bond donors (Lipinski definition) is 1. The van der Waals surface area contributed by atoms with Crippen molar-refractivity contribution in [3.63, 3.8) is 0 Å². The van der Waals surface area contributed by atoms with Crippen LogP contribution in [-0.4, -0.2) is 44.9 Å². The van der Waals surface area contributed by atoms with E-state index in [-0.39, 0.29) is 22.3 Å². The fourth-order valence-corrected chi connectivity index (χ4v) is 5.73. The third kappa shape index (κ3) is 4.02. The summed E-state index contributed by atoms with van der Waals surface area (Å²) in [5, 5.41) is 3.14. The molecule has 1 aliphatic heterocycles. The SMILES string of the molecule is CC1(C)CCC(NC(=O)c2ccc(S(=O)(=O)N3CCOCC3)cc2)c2ccccc21. The van der Waals surface area contributed by atoms with Crippen LogP contribution in [0.25, 0.3) is 0 Å². The Hall–Kier alpha value is -2.22. The fourth-order valence-electron chi connectivity index (χ4n) is 4.32. The molecule has 2 aromatic carbocycles. The minimum atomic E-state index is -3.56. The van der Waals surface area contributed by atoms with Crippen molar-refractivity contribution >= 4 is 15.9 Å². The molecule has 1 aliphatic carbocycles. The van der Waals surface area contributed by atoms with Gasteiger partial charge in [0.25, 0.3) is 5.91 Å². The van der Waals surface area contributed by atoms with Gasteiger partial charge in [-0.05, 0) is 53.6 Å². The molecule has 0 spiro atoms. The molecule has 7 heteroatoms. The smallest absolute Gasteiger partial charge is 0.251 e. The van der Waals surface area contributed by atoms with Gasteiger partial charge in [0, 0.05) is 18.7 Å². The molecule has 6 nitrogen and oxygen atoms in total. The second kappa shape index (κ2) is 8.13. The van der Waals surface area contributed by atoms with Crippen molar-refractivity contribution < 1.29 is 17.9 Å². The van der Waals surface area contributed by atoms with E-state index in [1.807, 2.05) is 12.1 Å². The summed E-state index contributed by atoms with van der Waals surface area (Å²) in [4.78, 5) is 13.1. The van der Waals surface area contributed by atoms with Gasteiger partial charge in [0.1, 0.15) is 0 Å². The molecular weight excluding hydrogens is 400 g/mol. The number of nitrogens with one attached hydrogen (secondary N) is 1. The minimum absolute atomic E-state index is 0.0431. The van der Waals surface area contributed by atoms with Gasteiger partial charge in [-0.2, -0.15) is 4.31 Å². The molecule has 1 unspecified atom stereocenters. The van der Waals surface area contributed by atoms with Crippen LogP contribution in [0.1, 0.15) is 54.2 Å². The highest BCUT2D eigenvalue weighted by Gasteiger charge is 2.33. The Labute approximate surface area is 178 Å². The average molecular weight is 429 g/mol. The van der Waals surface area contributed by atoms with Crippen LogP contribution >= 0.6 is 0 Å². The van der Waals surface area contributed by atoms with Crippen LogP contribution in [0.3, 0.4) is 0 Å². The third-order valence-electron chi connectivity index (χ3n) is 6.15. The number of fused-ring (bicyclic) bond motifs is 1. The van der Waals surface area contributed by atoms with Crippen molar-refractivity contribution in [3.8, 4) is 0 Å². The lowest BCUT2D eigenvalue weighted by Gasteiger charge is -2.37. The van der Waals surface area contributed by atoms with Crippen molar-refractivity contribution in [1.29, 1.82) is 0 Å². The van der Waals surface area contributed by atoms with Crippen LogP contribution in [-0.2, 0) is 20.2 Å². The van der Waals surface area contributed by atoms with Gasteiger partial charge >= 0.3 is 0 Å². The maximum atomic E-state index is 12.9. The van der Waals surface area contributed by atoms with Crippen molar-refractivity contribution in [2.45, 2.75) is 43.0 Å². The molecule has 2 aliphatic rings. The molecular formula is C23H28N2O4S. The second-order valence-electron chi connectivity index (χ2n) is 8.58. The van der Waals surface area contributed by atoms with Crippen molar-refractivity contribution in [2.24, 2.45) is 0 Å². The molecule has 1 amide bonds. The molecule has 30 heavy (non-hydrogen) atoms. The number of carbonyl (C=O) groups is 1. The Balaban J connectivity index is 1.50. The number of hydrogen-bond acceptors (Lipinski definition) is 4. The number of benzene rings is 2. The number of ether oxygens (including phenoxy) is 1. The molecule has 1 fully saturated rings. The van der Waals surface area contributed by atoms with Crippen molar-refractivity contribution in [1.82, 2.24) is 9.62 Å². The van der Waals surface area contributed by atoms with Crippen LogP contribution in [0.15, 0.2) is 53.4 Å². The van der Waals surface area contributed by atoms with Gasteiger partial charge in [-0.1, -0.05) is 38.1 Å². The van der Waals surface area contributed by atoms with Crippen LogP contribution in [0.2, 0.25) is 0 Å². The molecule has 1 saturated heterocycles. The van der Waals surface area contributed by atoms with Gasteiger partial charge in [0.05, 0.1) is 24.2 Å². The van der Waals surface area contributed by atoms with E-state index in [1.165, 1.54) is 22.0 Å². The zero-order chi connectivity index (χ0) is 21.4. The number of nitrogens with zero attached hydrogens (tertiary/aromatic N) is 1. The molecule has 0 bridgehead atoms. The van der Waals surface area contributed by atoms with Gasteiger partial charge in [0.15, 0.2) is 0 Å². The summed E-state index contributed by atoms with van der Waals surface area (Å²) in [6.07, 6.45) is 1.87. The molecule has 1 atom stereocenters. The summed E-state index contributed by atoms with van der Waals surface area (Å²) >= 11 is 0. The molecule has 1 N–H and O–H groups in total. The maximum Gasteiger partial charge on any atom is 0.251 e. The van der Waals surface area contributed by atoms with Crippen LogP contribution in [0, 0.1) is 0 Å². The first-order chi connectivity index (χ1) is 14.3. The van der Waals surface area contributed by atoms with Gasteiger partial charge in [0.2, 0.25) is 10.0 Å². The lowest BCUT2D eigenvalue weighted by Crippen LogP contribution is -2.40. The van der Waals surface area contributed by atoms with E-state index < -0.39 is 10.0 Å². The topological polar surface area (TPSA) is 75.7 Å². The monoisotopic (exact) mass is 428 g/mol. The summed E-state index contributed by atoms with van der Waals surface area (Å²) in [6, 6.07) is 14.4. The number of rotatable bonds is 4. The van der Waals surface area contributed by atoms with Crippen molar-refractivity contribution in [3.05, 3.63) is 65.2 Å². The van der Waals surface area contributed by atoms with Gasteiger partial charge < -0.3 is 10.1 Å². The van der Waals surface area contributed by atoms with Crippen LogP contribution in [0.4, 0.5) is 0 Å². The number of sulfonamides is 1. The summed E-state index contributed by atoms with van der Waals surface area (Å²) < 4.78 is 32.2. The van der Waals surface area contributed by atoms with Gasteiger partial charge in [-0.25, -0.2) is 8.42 Å². The quantitative estimate of drug-likeness (QED) is 0.811. The fraction of sp³-hybridized carbons (Fsp3) is 0.435. The third-order valence-corrected chi connectivity index (χ3v) is 8.07. The van der Waals surface area contributed by atoms with E-state index in [1.54, 1.807) is 12.1 Å². The number of morpholine rings is 1. The Morgan fingerprint density at radius 3 is 2.43 bits per heavy atom. The molecule has 1 heterocycles. The Morgan fingerprint density at radius 2 is 1.73 bits per heavy atom. The summed E-state index contributed by atoms with van der Waals surface area (Å²) in [5.41, 5.74) is 2.98. The highest BCUT2D eigenvalue weighted by Crippen LogP contribution is 2.41. The highest BCUT2D eigenvalue weighted by atomic mass is 32.2. The van der Waals surface area contributed by atoms with E-state index in [2.05, 4.69) is 31.3 Å². The first kappa shape index (κ1) is 21.0. The largest absolute Gasteiger partial charge is 0.379 e.